The van der Waals surface area contributed by atoms with Crippen LogP contribution in [0.15, 0.2) is 52.9 Å². The molecule has 1 saturated heterocycles. The van der Waals surface area contributed by atoms with E-state index in [2.05, 4.69) is 10.3 Å². The van der Waals surface area contributed by atoms with Crippen LogP contribution in [-0.2, 0) is 9.53 Å². The van der Waals surface area contributed by atoms with Gasteiger partial charge in [-0.2, -0.15) is 0 Å². The minimum atomic E-state index is -0.0480. The van der Waals surface area contributed by atoms with Crippen molar-refractivity contribution in [3.63, 3.8) is 0 Å². The van der Waals surface area contributed by atoms with Gasteiger partial charge in [0.2, 0.25) is 11.8 Å². The summed E-state index contributed by atoms with van der Waals surface area (Å²) >= 11 is 0. The lowest BCUT2D eigenvalue weighted by Crippen LogP contribution is -2.38. The summed E-state index contributed by atoms with van der Waals surface area (Å²) in [5.41, 5.74) is 2.99. The molecular weight excluding hydrogens is 418 g/mol. The Morgan fingerprint density at radius 3 is 2.67 bits per heavy atom. The fraction of sp³-hybridized carbons (Fsp3) is 0.423. The third-order valence-corrected chi connectivity index (χ3v) is 6.84. The smallest absolute Gasteiger partial charge is 0.253 e. The molecule has 3 aromatic rings. The largest absolute Gasteiger partial charge is 0.436 e. The molecule has 0 radical (unpaired) electrons. The van der Waals surface area contributed by atoms with Crippen molar-refractivity contribution in [1.82, 2.24) is 15.2 Å². The van der Waals surface area contributed by atoms with E-state index >= 15 is 0 Å². The van der Waals surface area contributed by atoms with Gasteiger partial charge in [-0.3, -0.25) is 9.59 Å². The summed E-state index contributed by atoms with van der Waals surface area (Å²) in [6.45, 7) is 1.37. The molecule has 7 heteroatoms. The van der Waals surface area contributed by atoms with E-state index in [-0.39, 0.29) is 29.9 Å². The number of fused-ring (bicyclic) bond motifs is 1. The van der Waals surface area contributed by atoms with Gasteiger partial charge in [0.15, 0.2) is 5.58 Å². The zero-order valence-corrected chi connectivity index (χ0v) is 18.8. The number of benzene rings is 2. The number of carbonyl (C=O) groups excluding carboxylic acids is 2. The van der Waals surface area contributed by atoms with E-state index in [0.29, 0.717) is 24.4 Å². The van der Waals surface area contributed by atoms with Gasteiger partial charge in [-0.1, -0.05) is 12.1 Å². The first-order valence-electron chi connectivity index (χ1n) is 11.7. The Kier molecular flexibility index (Phi) is 6.13. The fourth-order valence-electron chi connectivity index (χ4n) is 4.83. The summed E-state index contributed by atoms with van der Waals surface area (Å²) in [5.74, 6) is 0.533. The van der Waals surface area contributed by atoms with E-state index in [1.165, 1.54) is 0 Å². The second-order valence-electron chi connectivity index (χ2n) is 9.02. The lowest BCUT2D eigenvalue weighted by atomic mass is 10.1. The number of aromatic nitrogens is 1. The number of rotatable bonds is 6. The standard InChI is InChI=1S/C26H29N3O4/c1-29(20-13-12-19(15-20)24(30)27-16-21-5-4-14-32-21)26(31)18-10-8-17(9-11-18)25-28-22-6-2-3-7-23(22)33-25/h2-3,6-11,19-21H,4-5,12-16H2,1H3,(H,27,30)/t19-,20+,21-/m0/s1. The highest BCUT2D eigenvalue weighted by atomic mass is 16.5. The van der Waals surface area contributed by atoms with Crippen LogP contribution in [0.1, 0.15) is 42.5 Å². The summed E-state index contributed by atoms with van der Waals surface area (Å²) in [6.07, 6.45) is 4.55. The second kappa shape index (κ2) is 9.35. The number of hydrogen-bond acceptors (Lipinski definition) is 5. The summed E-state index contributed by atoms with van der Waals surface area (Å²) in [5, 5.41) is 3.04. The van der Waals surface area contributed by atoms with Crippen molar-refractivity contribution in [3.8, 4) is 11.5 Å². The molecular formula is C26H29N3O4. The first kappa shape index (κ1) is 21.6. The number of para-hydroxylation sites is 2. The van der Waals surface area contributed by atoms with Gasteiger partial charge in [0, 0.05) is 43.3 Å². The van der Waals surface area contributed by atoms with Gasteiger partial charge in [-0.15, -0.1) is 0 Å². The van der Waals surface area contributed by atoms with E-state index in [9.17, 15) is 9.59 Å². The van der Waals surface area contributed by atoms with E-state index in [1.807, 2.05) is 55.6 Å². The minimum absolute atomic E-state index is 0.0375. The summed E-state index contributed by atoms with van der Waals surface area (Å²) in [4.78, 5) is 31.9. The first-order chi connectivity index (χ1) is 16.1. The van der Waals surface area contributed by atoms with Crippen LogP contribution in [0.3, 0.4) is 0 Å². The molecule has 1 aromatic heterocycles. The van der Waals surface area contributed by atoms with Crippen LogP contribution in [0.2, 0.25) is 0 Å². The van der Waals surface area contributed by atoms with Crippen molar-refractivity contribution in [2.24, 2.45) is 5.92 Å². The Hall–Kier alpha value is -3.19. The van der Waals surface area contributed by atoms with Crippen LogP contribution in [0.25, 0.3) is 22.6 Å². The van der Waals surface area contributed by atoms with Crippen LogP contribution in [0.4, 0.5) is 0 Å². The van der Waals surface area contributed by atoms with Crippen molar-refractivity contribution in [2.45, 2.75) is 44.2 Å². The van der Waals surface area contributed by atoms with E-state index < -0.39 is 0 Å². The Bertz CT molecular complexity index is 1100. The molecule has 1 aliphatic heterocycles. The molecule has 7 nitrogen and oxygen atoms in total. The molecule has 0 bridgehead atoms. The number of oxazole rings is 1. The zero-order valence-electron chi connectivity index (χ0n) is 18.8. The Morgan fingerprint density at radius 2 is 1.91 bits per heavy atom. The third kappa shape index (κ3) is 4.64. The van der Waals surface area contributed by atoms with E-state index in [0.717, 1.165) is 49.0 Å². The average Bonchev–Trinajstić information content (AvgIpc) is 3.62. The molecule has 3 atom stereocenters. The summed E-state index contributed by atoms with van der Waals surface area (Å²) < 4.78 is 11.4. The van der Waals surface area contributed by atoms with Gasteiger partial charge in [-0.25, -0.2) is 4.98 Å². The molecule has 33 heavy (non-hydrogen) atoms. The molecule has 0 unspecified atom stereocenters. The molecule has 2 aromatic carbocycles. The van der Waals surface area contributed by atoms with Crippen molar-refractivity contribution >= 4 is 22.9 Å². The SMILES string of the molecule is CN(C(=O)c1ccc(-c2nc3ccccc3o2)cc1)[C@@H]1CC[C@H](C(=O)NC[C@@H]2CCCO2)C1. The third-order valence-electron chi connectivity index (χ3n) is 6.84. The predicted molar refractivity (Wildman–Crippen MR) is 125 cm³/mol. The highest BCUT2D eigenvalue weighted by molar-refractivity contribution is 5.95. The number of ether oxygens (including phenoxy) is 1. The fourth-order valence-corrected chi connectivity index (χ4v) is 4.83. The highest BCUT2D eigenvalue weighted by Gasteiger charge is 2.34. The van der Waals surface area contributed by atoms with Gasteiger partial charge < -0.3 is 19.4 Å². The maximum absolute atomic E-state index is 13.1. The number of hydrogen-bond donors (Lipinski definition) is 1. The van der Waals surface area contributed by atoms with Gasteiger partial charge in [0.1, 0.15) is 5.52 Å². The normalized spacial score (nSPS) is 22.5. The first-order valence-corrected chi connectivity index (χ1v) is 11.7. The second-order valence-corrected chi connectivity index (χ2v) is 9.02. The Balaban J connectivity index is 1.18. The predicted octanol–water partition coefficient (Wildman–Crippen LogP) is 4.03. The van der Waals surface area contributed by atoms with Crippen molar-refractivity contribution in [3.05, 3.63) is 54.1 Å². The highest BCUT2D eigenvalue weighted by Crippen LogP contribution is 2.30. The Labute approximate surface area is 193 Å². The molecule has 2 fully saturated rings. The molecule has 172 valence electrons. The monoisotopic (exact) mass is 447 g/mol. The zero-order chi connectivity index (χ0) is 22.8. The lowest BCUT2D eigenvalue weighted by Gasteiger charge is -2.25. The topological polar surface area (TPSA) is 84.7 Å². The minimum Gasteiger partial charge on any atom is -0.436 e. The molecule has 5 rings (SSSR count). The molecule has 1 N–H and O–H groups in total. The number of carbonyl (C=O) groups is 2. The van der Waals surface area contributed by atoms with Crippen LogP contribution in [0, 0.1) is 5.92 Å². The van der Waals surface area contributed by atoms with Crippen molar-refractivity contribution in [1.29, 1.82) is 0 Å². The Morgan fingerprint density at radius 1 is 1.09 bits per heavy atom. The summed E-state index contributed by atoms with van der Waals surface area (Å²) in [7, 11) is 1.83. The molecule has 1 aliphatic carbocycles. The van der Waals surface area contributed by atoms with Gasteiger partial charge in [0.05, 0.1) is 6.10 Å². The van der Waals surface area contributed by atoms with Crippen molar-refractivity contribution in [2.75, 3.05) is 20.2 Å². The maximum Gasteiger partial charge on any atom is 0.253 e. The number of amides is 2. The quantitative estimate of drug-likeness (QED) is 0.617. The van der Waals surface area contributed by atoms with Gasteiger partial charge in [-0.05, 0) is 68.5 Å². The lowest BCUT2D eigenvalue weighted by molar-refractivity contribution is -0.125. The van der Waals surface area contributed by atoms with Crippen LogP contribution >= 0.6 is 0 Å². The van der Waals surface area contributed by atoms with Gasteiger partial charge in [0.25, 0.3) is 5.91 Å². The molecule has 0 spiro atoms. The van der Waals surface area contributed by atoms with Crippen LogP contribution in [0.5, 0.6) is 0 Å². The summed E-state index contributed by atoms with van der Waals surface area (Å²) in [6, 6.07) is 15.0. The molecule has 2 aliphatic rings. The van der Waals surface area contributed by atoms with Crippen LogP contribution < -0.4 is 5.32 Å². The van der Waals surface area contributed by atoms with Crippen LogP contribution in [-0.4, -0.2) is 54.0 Å². The van der Waals surface area contributed by atoms with E-state index in [1.54, 1.807) is 4.90 Å². The van der Waals surface area contributed by atoms with Crippen molar-refractivity contribution < 1.29 is 18.7 Å². The molecule has 1 saturated carbocycles. The molecule has 2 amide bonds. The number of nitrogens with zero attached hydrogens (tertiary/aromatic N) is 2. The van der Waals surface area contributed by atoms with E-state index in [4.69, 9.17) is 9.15 Å². The maximum atomic E-state index is 13.1. The average molecular weight is 448 g/mol. The molecule has 2 heterocycles. The van der Waals surface area contributed by atoms with Gasteiger partial charge >= 0.3 is 0 Å². The number of nitrogens with one attached hydrogen (secondary N) is 1.